The lowest BCUT2D eigenvalue weighted by Crippen LogP contribution is -2.31. The Morgan fingerprint density at radius 2 is 1.81 bits per heavy atom. The van der Waals surface area contributed by atoms with Crippen LogP contribution in [-0.2, 0) is 14.3 Å². The first-order valence-electron chi connectivity index (χ1n) is 7.70. The van der Waals surface area contributed by atoms with Gasteiger partial charge in [-0.05, 0) is 55.5 Å². The molecule has 1 amide bonds. The van der Waals surface area contributed by atoms with Crippen molar-refractivity contribution in [1.29, 1.82) is 5.26 Å². The van der Waals surface area contributed by atoms with Gasteiger partial charge in [0.1, 0.15) is 12.0 Å². The number of amides is 1. The molecule has 0 saturated carbocycles. The minimum Gasteiger partial charge on any atom is -0.482 e. The molecule has 2 aromatic rings. The van der Waals surface area contributed by atoms with Gasteiger partial charge in [-0.3, -0.25) is 9.59 Å². The zero-order valence-corrected chi connectivity index (χ0v) is 14.0. The lowest BCUT2D eigenvalue weighted by molar-refractivity contribution is -0.155. The third-order valence-corrected chi connectivity index (χ3v) is 3.33. The molecule has 1 N–H and O–H groups in total. The normalized spacial score (nSPS) is 10.9. The molecule has 0 unspecified atom stereocenters. The second-order valence-corrected chi connectivity index (χ2v) is 5.29. The molecule has 0 heterocycles. The Hall–Kier alpha value is -3.66. The predicted molar refractivity (Wildman–Crippen MR) is 92.7 cm³/mol. The molecular formula is C19H16N2O5. The molecule has 0 spiro atoms. The van der Waals surface area contributed by atoms with E-state index in [4.69, 9.17) is 14.7 Å². The summed E-state index contributed by atoms with van der Waals surface area (Å²) < 4.78 is 10.3. The molecule has 7 heteroatoms. The van der Waals surface area contributed by atoms with E-state index in [2.05, 4.69) is 5.32 Å². The van der Waals surface area contributed by atoms with Crippen LogP contribution in [-0.4, -0.2) is 30.9 Å². The Kier molecular flexibility index (Phi) is 6.46. The van der Waals surface area contributed by atoms with Gasteiger partial charge >= 0.3 is 5.97 Å². The van der Waals surface area contributed by atoms with E-state index in [1.165, 1.54) is 6.92 Å². The Morgan fingerprint density at radius 3 is 2.38 bits per heavy atom. The molecule has 2 aromatic carbocycles. The number of ether oxygens (including phenoxy) is 2. The Morgan fingerprint density at radius 1 is 1.15 bits per heavy atom. The van der Waals surface area contributed by atoms with Crippen molar-refractivity contribution < 1.29 is 23.9 Å². The van der Waals surface area contributed by atoms with Crippen LogP contribution in [0.1, 0.15) is 22.8 Å². The minimum atomic E-state index is -1.01. The summed E-state index contributed by atoms with van der Waals surface area (Å²) in [7, 11) is 0. The van der Waals surface area contributed by atoms with Crippen molar-refractivity contribution in [1.82, 2.24) is 0 Å². The van der Waals surface area contributed by atoms with E-state index in [-0.39, 0.29) is 6.61 Å². The van der Waals surface area contributed by atoms with E-state index in [1.807, 2.05) is 6.07 Å². The molecule has 0 radical (unpaired) electrons. The van der Waals surface area contributed by atoms with Crippen LogP contribution < -0.4 is 10.1 Å². The number of hydrogen-bond acceptors (Lipinski definition) is 6. The summed E-state index contributed by atoms with van der Waals surface area (Å²) in [5.41, 5.74) is 1.46. The number of carbonyl (C=O) groups is 3. The number of esters is 1. The largest absolute Gasteiger partial charge is 0.482 e. The molecule has 26 heavy (non-hydrogen) atoms. The molecule has 132 valence electrons. The van der Waals surface area contributed by atoms with Crippen molar-refractivity contribution in [2.24, 2.45) is 0 Å². The van der Waals surface area contributed by atoms with Gasteiger partial charge in [0, 0.05) is 11.3 Å². The Labute approximate surface area is 150 Å². The highest BCUT2D eigenvalue weighted by molar-refractivity contribution is 5.95. The fourth-order valence-corrected chi connectivity index (χ4v) is 1.94. The Bertz CT molecular complexity index is 823. The molecule has 0 aliphatic carbocycles. The zero-order chi connectivity index (χ0) is 18.9. The summed E-state index contributed by atoms with van der Waals surface area (Å²) in [5.74, 6) is -0.799. The molecule has 0 aliphatic heterocycles. The smallest absolute Gasteiger partial charge is 0.344 e. The first kappa shape index (κ1) is 18.7. The summed E-state index contributed by atoms with van der Waals surface area (Å²) >= 11 is 0. The highest BCUT2D eigenvalue weighted by Crippen LogP contribution is 2.12. The van der Waals surface area contributed by atoms with Gasteiger partial charge in [0.2, 0.25) is 0 Å². The molecule has 0 bridgehead atoms. The molecule has 7 nitrogen and oxygen atoms in total. The predicted octanol–water partition coefficient (Wildman–Crippen LogP) is 2.32. The highest BCUT2D eigenvalue weighted by Gasteiger charge is 2.18. The van der Waals surface area contributed by atoms with Crippen molar-refractivity contribution in [3.63, 3.8) is 0 Å². The summed E-state index contributed by atoms with van der Waals surface area (Å²) in [6.07, 6.45) is -0.314. The number of nitriles is 1. The molecule has 1 atom stereocenters. The van der Waals surface area contributed by atoms with Gasteiger partial charge in [-0.2, -0.15) is 5.26 Å². The van der Waals surface area contributed by atoms with Crippen LogP contribution in [0.2, 0.25) is 0 Å². The lowest BCUT2D eigenvalue weighted by atomic mass is 10.2. The van der Waals surface area contributed by atoms with Gasteiger partial charge in [0.25, 0.3) is 5.91 Å². The number of nitrogens with one attached hydrogen (secondary N) is 1. The van der Waals surface area contributed by atoms with Gasteiger partial charge in [0.05, 0.1) is 11.6 Å². The first-order chi connectivity index (χ1) is 12.5. The number of hydrogen-bond donors (Lipinski definition) is 1. The lowest BCUT2D eigenvalue weighted by Gasteiger charge is -2.14. The zero-order valence-electron chi connectivity index (χ0n) is 14.0. The molecule has 0 aromatic heterocycles. The molecule has 0 saturated heterocycles. The van der Waals surface area contributed by atoms with Crippen LogP contribution in [0.3, 0.4) is 0 Å². The van der Waals surface area contributed by atoms with E-state index in [9.17, 15) is 14.4 Å². The van der Waals surface area contributed by atoms with Crippen molar-refractivity contribution in [3.8, 4) is 11.8 Å². The maximum atomic E-state index is 12.0. The SMILES string of the molecule is C[C@H](OC(=O)COc1ccc(C=O)cc1)C(=O)Nc1ccc(C#N)cc1. The number of rotatable bonds is 7. The molecule has 2 rings (SSSR count). The number of anilines is 1. The summed E-state index contributed by atoms with van der Waals surface area (Å²) in [6.45, 7) is 1.07. The average Bonchev–Trinajstić information content (AvgIpc) is 2.67. The number of nitrogens with zero attached hydrogens (tertiary/aromatic N) is 1. The van der Waals surface area contributed by atoms with Crippen LogP contribution in [0.5, 0.6) is 5.75 Å². The van der Waals surface area contributed by atoms with Crippen molar-refractivity contribution in [3.05, 3.63) is 59.7 Å². The summed E-state index contributed by atoms with van der Waals surface area (Å²) in [6, 6.07) is 14.5. The second kappa shape index (κ2) is 8.99. The first-order valence-corrected chi connectivity index (χ1v) is 7.70. The monoisotopic (exact) mass is 352 g/mol. The maximum Gasteiger partial charge on any atom is 0.344 e. The van der Waals surface area contributed by atoms with E-state index in [0.29, 0.717) is 28.8 Å². The Balaban J connectivity index is 1.80. The standard InChI is InChI=1S/C19H16N2O5/c1-13(19(24)21-16-6-2-14(10-20)3-7-16)26-18(23)12-25-17-8-4-15(11-22)5-9-17/h2-9,11,13H,12H2,1H3,(H,21,24)/t13-/m0/s1. The maximum absolute atomic E-state index is 12.0. The van der Waals surface area contributed by atoms with Gasteiger partial charge in [-0.15, -0.1) is 0 Å². The van der Waals surface area contributed by atoms with E-state index in [1.54, 1.807) is 48.5 Å². The van der Waals surface area contributed by atoms with E-state index in [0.717, 1.165) is 0 Å². The van der Waals surface area contributed by atoms with Crippen LogP contribution in [0.15, 0.2) is 48.5 Å². The molecule has 0 fully saturated rings. The second-order valence-electron chi connectivity index (χ2n) is 5.29. The van der Waals surface area contributed by atoms with Crippen LogP contribution in [0, 0.1) is 11.3 Å². The number of aldehydes is 1. The van der Waals surface area contributed by atoms with Crippen molar-refractivity contribution >= 4 is 23.9 Å². The van der Waals surface area contributed by atoms with E-state index >= 15 is 0 Å². The van der Waals surface area contributed by atoms with Crippen LogP contribution >= 0.6 is 0 Å². The third kappa shape index (κ3) is 5.46. The van der Waals surface area contributed by atoms with Gasteiger partial charge in [-0.1, -0.05) is 0 Å². The van der Waals surface area contributed by atoms with Gasteiger partial charge in [0.15, 0.2) is 12.7 Å². The average molecular weight is 352 g/mol. The van der Waals surface area contributed by atoms with Crippen LogP contribution in [0.25, 0.3) is 0 Å². The third-order valence-electron chi connectivity index (χ3n) is 3.33. The topological polar surface area (TPSA) is 105 Å². The fraction of sp³-hybridized carbons (Fsp3) is 0.158. The van der Waals surface area contributed by atoms with Gasteiger partial charge < -0.3 is 14.8 Å². The number of benzene rings is 2. The summed E-state index contributed by atoms with van der Waals surface area (Å²) in [4.78, 5) is 34.4. The molecule has 0 aliphatic rings. The minimum absolute atomic E-state index is 0.366. The summed E-state index contributed by atoms with van der Waals surface area (Å²) in [5, 5.41) is 11.3. The van der Waals surface area contributed by atoms with Gasteiger partial charge in [-0.25, -0.2) is 4.79 Å². The fourth-order valence-electron chi connectivity index (χ4n) is 1.94. The van der Waals surface area contributed by atoms with Crippen molar-refractivity contribution in [2.45, 2.75) is 13.0 Å². The number of carbonyl (C=O) groups excluding carboxylic acids is 3. The van der Waals surface area contributed by atoms with Crippen molar-refractivity contribution in [2.75, 3.05) is 11.9 Å². The highest BCUT2D eigenvalue weighted by atomic mass is 16.6. The van der Waals surface area contributed by atoms with E-state index < -0.39 is 18.0 Å². The molecular weight excluding hydrogens is 336 g/mol. The quantitative estimate of drug-likeness (QED) is 0.605. The van der Waals surface area contributed by atoms with Crippen LogP contribution in [0.4, 0.5) is 5.69 Å².